The van der Waals surface area contributed by atoms with E-state index in [9.17, 15) is 9.59 Å². The van der Waals surface area contributed by atoms with Crippen LogP contribution in [0.25, 0.3) is 5.69 Å². The molecule has 1 aliphatic heterocycles. The second kappa shape index (κ2) is 5.78. The Balaban J connectivity index is 1.74. The van der Waals surface area contributed by atoms with E-state index in [1.165, 1.54) is 0 Å². The molecule has 2 aromatic rings. The number of piperidine rings is 1. The lowest BCUT2D eigenvalue weighted by molar-refractivity contribution is -0.122. The SMILES string of the molecule is O=C1CCC(NC(=O)c2cncn2-c2ccccc2)CN1. The number of hydrogen-bond acceptors (Lipinski definition) is 3. The third-order valence-electron chi connectivity index (χ3n) is 3.51. The standard InChI is InChI=1S/C15H16N4O2/c20-14-7-6-11(8-17-14)18-15(21)13-9-16-10-19(13)12-4-2-1-3-5-12/h1-5,9-11H,6-8H2,(H,17,20)(H,18,21). The van der Waals surface area contributed by atoms with Gasteiger partial charge in [0.2, 0.25) is 5.91 Å². The normalized spacial score (nSPS) is 18.1. The molecule has 1 fully saturated rings. The lowest BCUT2D eigenvalue weighted by atomic mass is 10.1. The Labute approximate surface area is 122 Å². The summed E-state index contributed by atoms with van der Waals surface area (Å²) in [7, 11) is 0. The number of nitrogens with one attached hydrogen (secondary N) is 2. The van der Waals surface area contributed by atoms with Gasteiger partial charge in [0.25, 0.3) is 5.91 Å². The van der Waals surface area contributed by atoms with Gasteiger partial charge < -0.3 is 10.6 Å². The smallest absolute Gasteiger partial charge is 0.270 e. The third-order valence-corrected chi connectivity index (χ3v) is 3.51. The number of benzene rings is 1. The van der Waals surface area contributed by atoms with E-state index in [-0.39, 0.29) is 17.9 Å². The number of rotatable bonds is 3. The van der Waals surface area contributed by atoms with Crippen LogP contribution in [0.2, 0.25) is 0 Å². The zero-order chi connectivity index (χ0) is 14.7. The fourth-order valence-corrected chi connectivity index (χ4v) is 2.37. The van der Waals surface area contributed by atoms with E-state index in [1.54, 1.807) is 17.1 Å². The van der Waals surface area contributed by atoms with E-state index in [1.807, 2.05) is 30.3 Å². The lowest BCUT2D eigenvalue weighted by Gasteiger charge is -2.23. The van der Waals surface area contributed by atoms with Gasteiger partial charge in [-0.05, 0) is 18.6 Å². The first-order chi connectivity index (χ1) is 10.2. The van der Waals surface area contributed by atoms with Crippen molar-refractivity contribution >= 4 is 11.8 Å². The zero-order valence-corrected chi connectivity index (χ0v) is 11.5. The van der Waals surface area contributed by atoms with Gasteiger partial charge in [-0.25, -0.2) is 4.98 Å². The summed E-state index contributed by atoms with van der Waals surface area (Å²) in [5.41, 5.74) is 1.37. The highest BCUT2D eigenvalue weighted by molar-refractivity contribution is 5.93. The molecule has 1 aromatic carbocycles. The first kappa shape index (κ1) is 13.4. The third kappa shape index (κ3) is 2.94. The van der Waals surface area contributed by atoms with Crippen LogP contribution in [0.1, 0.15) is 23.3 Å². The predicted molar refractivity (Wildman–Crippen MR) is 77.1 cm³/mol. The number of imidazole rings is 1. The summed E-state index contributed by atoms with van der Waals surface area (Å²) in [5.74, 6) is -0.146. The van der Waals surface area contributed by atoms with Gasteiger partial charge >= 0.3 is 0 Å². The molecule has 0 bridgehead atoms. The largest absolute Gasteiger partial charge is 0.354 e. The molecule has 3 rings (SSSR count). The molecule has 1 aliphatic rings. The number of amides is 2. The van der Waals surface area contributed by atoms with Gasteiger partial charge in [-0.15, -0.1) is 0 Å². The van der Waals surface area contributed by atoms with Crippen molar-refractivity contribution in [1.29, 1.82) is 0 Å². The molecule has 0 aliphatic carbocycles. The number of aromatic nitrogens is 2. The molecule has 1 unspecified atom stereocenters. The summed E-state index contributed by atoms with van der Waals surface area (Å²) < 4.78 is 1.75. The van der Waals surface area contributed by atoms with E-state index in [0.29, 0.717) is 25.1 Å². The van der Waals surface area contributed by atoms with Crippen LogP contribution < -0.4 is 10.6 Å². The van der Waals surface area contributed by atoms with Crippen LogP contribution in [0, 0.1) is 0 Å². The van der Waals surface area contributed by atoms with Gasteiger partial charge in [0.15, 0.2) is 0 Å². The predicted octanol–water partition coefficient (Wildman–Crippen LogP) is 0.881. The first-order valence-corrected chi connectivity index (χ1v) is 6.89. The van der Waals surface area contributed by atoms with Crippen LogP contribution in [0.15, 0.2) is 42.9 Å². The van der Waals surface area contributed by atoms with Gasteiger partial charge in [-0.1, -0.05) is 18.2 Å². The molecule has 2 amide bonds. The Bertz CT molecular complexity index is 641. The summed E-state index contributed by atoms with van der Waals surface area (Å²) in [6.07, 6.45) is 4.27. The Kier molecular flexibility index (Phi) is 3.68. The molecule has 0 spiro atoms. The van der Waals surface area contributed by atoms with Crippen molar-refractivity contribution in [3.05, 3.63) is 48.5 Å². The summed E-state index contributed by atoms with van der Waals surface area (Å²) in [4.78, 5) is 27.5. The van der Waals surface area contributed by atoms with Gasteiger partial charge in [0.1, 0.15) is 5.69 Å². The zero-order valence-electron chi connectivity index (χ0n) is 11.5. The van der Waals surface area contributed by atoms with Crippen molar-refractivity contribution in [1.82, 2.24) is 20.2 Å². The second-order valence-electron chi connectivity index (χ2n) is 5.00. The average molecular weight is 284 g/mol. The Morgan fingerprint density at radius 2 is 2.14 bits per heavy atom. The van der Waals surface area contributed by atoms with Crippen LogP contribution in [-0.4, -0.2) is 34.0 Å². The molecule has 6 nitrogen and oxygen atoms in total. The molecule has 0 saturated carbocycles. The van der Waals surface area contributed by atoms with E-state index in [0.717, 1.165) is 5.69 Å². The average Bonchev–Trinajstić information content (AvgIpc) is 3.00. The highest BCUT2D eigenvalue weighted by Crippen LogP contribution is 2.11. The van der Waals surface area contributed by atoms with Crippen molar-refractivity contribution in [2.75, 3.05) is 6.54 Å². The molecule has 2 N–H and O–H groups in total. The van der Waals surface area contributed by atoms with Crippen LogP contribution in [0.5, 0.6) is 0 Å². The van der Waals surface area contributed by atoms with Crippen LogP contribution in [0.3, 0.4) is 0 Å². The van der Waals surface area contributed by atoms with Crippen LogP contribution in [-0.2, 0) is 4.79 Å². The lowest BCUT2D eigenvalue weighted by Crippen LogP contribution is -2.48. The van der Waals surface area contributed by atoms with E-state index in [4.69, 9.17) is 0 Å². The van der Waals surface area contributed by atoms with E-state index in [2.05, 4.69) is 15.6 Å². The first-order valence-electron chi connectivity index (χ1n) is 6.89. The van der Waals surface area contributed by atoms with Crippen molar-refractivity contribution in [2.45, 2.75) is 18.9 Å². The number of hydrogen-bond donors (Lipinski definition) is 2. The molecular formula is C15H16N4O2. The van der Waals surface area contributed by atoms with Crippen molar-refractivity contribution in [3.8, 4) is 5.69 Å². The molecule has 108 valence electrons. The Morgan fingerprint density at radius 1 is 1.33 bits per heavy atom. The second-order valence-corrected chi connectivity index (χ2v) is 5.00. The molecule has 1 aromatic heterocycles. The Morgan fingerprint density at radius 3 is 2.86 bits per heavy atom. The summed E-state index contributed by atoms with van der Waals surface area (Å²) in [6, 6.07) is 9.54. The van der Waals surface area contributed by atoms with Gasteiger partial charge in [-0.3, -0.25) is 14.2 Å². The fourth-order valence-electron chi connectivity index (χ4n) is 2.37. The van der Waals surface area contributed by atoms with Crippen molar-refractivity contribution < 1.29 is 9.59 Å². The maximum absolute atomic E-state index is 12.4. The monoisotopic (exact) mass is 284 g/mol. The van der Waals surface area contributed by atoms with Crippen molar-refractivity contribution in [3.63, 3.8) is 0 Å². The van der Waals surface area contributed by atoms with E-state index < -0.39 is 0 Å². The maximum Gasteiger partial charge on any atom is 0.270 e. The minimum Gasteiger partial charge on any atom is -0.354 e. The van der Waals surface area contributed by atoms with Crippen molar-refractivity contribution in [2.24, 2.45) is 0 Å². The molecule has 6 heteroatoms. The van der Waals surface area contributed by atoms with Crippen LogP contribution >= 0.6 is 0 Å². The summed E-state index contributed by atoms with van der Waals surface area (Å²) in [6.45, 7) is 0.476. The fraction of sp³-hybridized carbons (Fsp3) is 0.267. The molecule has 21 heavy (non-hydrogen) atoms. The number of carbonyl (C=O) groups excluding carboxylic acids is 2. The number of nitrogens with zero attached hydrogens (tertiary/aromatic N) is 2. The molecule has 1 saturated heterocycles. The van der Waals surface area contributed by atoms with Gasteiger partial charge in [0.05, 0.1) is 12.5 Å². The van der Waals surface area contributed by atoms with Gasteiger partial charge in [-0.2, -0.15) is 0 Å². The quantitative estimate of drug-likeness (QED) is 0.878. The minimum absolute atomic E-state index is 0.0330. The van der Waals surface area contributed by atoms with E-state index >= 15 is 0 Å². The Hall–Kier alpha value is -2.63. The number of para-hydroxylation sites is 1. The summed E-state index contributed by atoms with van der Waals surface area (Å²) >= 11 is 0. The molecular weight excluding hydrogens is 268 g/mol. The highest BCUT2D eigenvalue weighted by atomic mass is 16.2. The molecule has 2 heterocycles. The highest BCUT2D eigenvalue weighted by Gasteiger charge is 2.21. The maximum atomic E-state index is 12.4. The number of carbonyl (C=O) groups is 2. The minimum atomic E-state index is -0.183. The van der Waals surface area contributed by atoms with Crippen LogP contribution in [0.4, 0.5) is 0 Å². The molecule has 1 atom stereocenters. The van der Waals surface area contributed by atoms with Gasteiger partial charge in [0, 0.05) is 24.7 Å². The topological polar surface area (TPSA) is 76.0 Å². The summed E-state index contributed by atoms with van der Waals surface area (Å²) in [5, 5.41) is 5.69. The molecule has 0 radical (unpaired) electrons.